The number of carbonyl (C=O) groups excluding carboxylic acids is 2. The molecule has 0 aromatic carbocycles. The molecule has 1 aliphatic rings. The predicted octanol–water partition coefficient (Wildman–Crippen LogP) is 19.8. The molecule has 1 amide bonds. The summed E-state index contributed by atoms with van der Waals surface area (Å²) in [6.45, 7) is 4.37. The number of carbonyl (C=O) groups is 2. The van der Waals surface area contributed by atoms with Crippen LogP contribution in [-0.4, -0.2) is 100 Å². The second-order valence-corrected chi connectivity index (χ2v) is 26.7. The number of rotatable bonds is 68. The van der Waals surface area contributed by atoms with Gasteiger partial charge in [-0.2, -0.15) is 0 Å². The van der Waals surface area contributed by atoms with Gasteiger partial charge in [-0.1, -0.05) is 360 Å². The van der Waals surface area contributed by atoms with Gasteiger partial charge >= 0.3 is 5.97 Å². The minimum absolute atomic E-state index is 0.0187. The van der Waals surface area contributed by atoms with Crippen molar-refractivity contribution in [3.8, 4) is 0 Å². The molecule has 1 saturated heterocycles. The average molecular weight is 1220 g/mol. The number of hydrogen-bond acceptors (Lipinski definition) is 10. The van der Waals surface area contributed by atoms with Crippen molar-refractivity contribution < 1.29 is 49.3 Å². The van der Waals surface area contributed by atoms with Crippen LogP contribution < -0.4 is 5.32 Å². The number of unbranched alkanes of at least 4 members (excludes halogenated alkanes) is 54. The SMILES string of the molecule is CCCCCCCCC/C=C/C(O)C(COC1OC(CO)C(O)C(O)C1O)NC(=O)CCCCCCCCCCCCCCCCCCCCCCCCCCCCCCCCCCCCCCCOC(=O)CCCCCCCCCCCCCC. The molecular weight excluding hydrogens is 1070 g/mol. The van der Waals surface area contributed by atoms with Crippen LogP contribution in [-0.2, 0) is 23.8 Å². The molecule has 11 nitrogen and oxygen atoms in total. The largest absolute Gasteiger partial charge is 0.466 e. The second kappa shape index (κ2) is 64.9. The van der Waals surface area contributed by atoms with E-state index < -0.39 is 49.5 Å². The quantitative estimate of drug-likeness (QED) is 0.0195. The van der Waals surface area contributed by atoms with E-state index in [4.69, 9.17) is 14.2 Å². The summed E-state index contributed by atoms with van der Waals surface area (Å²) >= 11 is 0. The van der Waals surface area contributed by atoms with Crippen LogP contribution in [0.15, 0.2) is 12.2 Å². The fourth-order valence-corrected chi connectivity index (χ4v) is 12.4. The molecule has 86 heavy (non-hydrogen) atoms. The lowest BCUT2D eigenvalue weighted by Gasteiger charge is -2.40. The fourth-order valence-electron chi connectivity index (χ4n) is 12.4. The summed E-state index contributed by atoms with van der Waals surface area (Å²) in [5, 5.41) is 54.3. The Labute approximate surface area is 531 Å². The van der Waals surface area contributed by atoms with Crippen LogP contribution in [0.5, 0.6) is 0 Å². The first-order valence-corrected chi connectivity index (χ1v) is 38.0. The van der Waals surface area contributed by atoms with Crippen LogP contribution in [0.3, 0.4) is 0 Å². The highest BCUT2D eigenvalue weighted by molar-refractivity contribution is 5.76. The Balaban J connectivity index is 1.85. The van der Waals surface area contributed by atoms with Crippen LogP contribution in [0.25, 0.3) is 0 Å². The molecule has 0 radical (unpaired) electrons. The van der Waals surface area contributed by atoms with E-state index in [1.165, 1.54) is 315 Å². The maximum Gasteiger partial charge on any atom is 0.305 e. The molecule has 6 N–H and O–H groups in total. The van der Waals surface area contributed by atoms with E-state index in [1.807, 2.05) is 6.08 Å². The number of esters is 1. The van der Waals surface area contributed by atoms with E-state index in [-0.39, 0.29) is 18.5 Å². The number of aliphatic hydroxyl groups excluding tert-OH is 5. The molecule has 0 bridgehead atoms. The number of allylic oxidation sites excluding steroid dienone is 1. The first-order chi connectivity index (χ1) is 42.2. The van der Waals surface area contributed by atoms with Gasteiger partial charge in [-0.05, 0) is 32.1 Å². The number of aliphatic hydroxyl groups is 5. The molecule has 510 valence electrons. The van der Waals surface area contributed by atoms with Crippen molar-refractivity contribution in [2.45, 2.75) is 436 Å². The highest BCUT2D eigenvalue weighted by atomic mass is 16.7. The molecule has 11 heteroatoms. The van der Waals surface area contributed by atoms with E-state index in [2.05, 4.69) is 19.2 Å². The van der Waals surface area contributed by atoms with Crippen molar-refractivity contribution in [3.05, 3.63) is 12.2 Å². The monoisotopic (exact) mass is 1220 g/mol. The first kappa shape index (κ1) is 82.4. The van der Waals surface area contributed by atoms with E-state index in [0.717, 1.165) is 51.4 Å². The summed E-state index contributed by atoms with van der Waals surface area (Å²) in [5.41, 5.74) is 0. The molecule has 1 rings (SSSR count). The summed E-state index contributed by atoms with van der Waals surface area (Å²) in [4.78, 5) is 25.1. The van der Waals surface area contributed by atoms with Gasteiger partial charge in [0.05, 0.1) is 32.0 Å². The lowest BCUT2D eigenvalue weighted by atomic mass is 9.99. The second-order valence-electron chi connectivity index (χ2n) is 26.7. The Hall–Kier alpha value is -1.60. The average Bonchev–Trinajstić information content (AvgIpc) is 2.71. The molecular formula is C75H145NO10. The maximum absolute atomic E-state index is 13.0. The van der Waals surface area contributed by atoms with E-state index in [9.17, 15) is 35.1 Å². The van der Waals surface area contributed by atoms with Crippen LogP contribution in [0.4, 0.5) is 0 Å². The number of ether oxygens (including phenoxy) is 3. The summed E-state index contributed by atoms with van der Waals surface area (Å²) in [7, 11) is 0. The predicted molar refractivity (Wildman–Crippen MR) is 362 cm³/mol. The highest BCUT2D eigenvalue weighted by Gasteiger charge is 2.44. The topological polar surface area (TPSA) is 175 Å². The van der Waals surface area contributed by atoms with E-state index in [0.29, 0.717) is 19.4 Å². The van der Waals surface area contributed by atoms with Gasteiger partial charge in [-0.25, -0.2) is 0 Å². The third-order valence-electron chi connectivity index (χ3n) is 18.4. The lowest BCUT2D eigenvalue weighted by Crippen LogP contribution is -2.60. The molecule has 7 unspecified atom stereocenters. The number of hydrogen-bond donors (Lipinski definition) is 6. The number of nitrogens with one attached hydrogen (secondary N) is 1. The van der Waals surface area contributed by atoms with Gasteiger partial charge in [0, 0.05) is 12.8 Å². The van der Waals surface area contributed by atoms with Crippen LogP contribution >= 0.6 is 0 Å². The Kier molecular flexibility index (Phi) is 62.2. The fraction of sp³-hybridized carbons (Fsp3) is 0.947. The zero-order valence-corrected chi connectivity index (χ0v) is 56.8. The highest BCUT2D eigenvalue weighted by Crippen LogP contribution is 2.24. The minimum Gasteiger partial charge on any atom is -0.466 e. The van der Waals surface area contributed by atoms with E-state index in [1.54, 1.807) is 6.08 Å². The molecule has 0 spiro atoms. The third kappa shape index (κ3) is 53.1. The van der Waals surface area contributed by atoms with Gasteiger partial charge in [0.2, 0.25) is 5.91 Å². The van der Waals surface area contributed by atoms with Crippen molar-refractivity contribution >= 4 is 11.9 Å². The Morgan fingerprint density at radius 3 is 1.08 bits per heavy atom. The summed E-state index contributed by atoms with van der Waals surface area (Å²) in [6.07, 6.45) is 71.1. The maximum atomic E-state index is 13.0. The first-order valence-electron chi connectivity index (χ1n) is 38.0. The lowest BCUT2D eigenvalue weighted by molar-refractivity contribution is -0.302. The van der Waals surface area contributed by atoms with Crippen molar-refractivity contribution in [1.82, 2.24) is 5.32 Å². The van der Waals surface area contributed by atoms with Crippen LogP contribution in [0, 0.1) is 0 Å². The molecule has 0 saturated carbocycles. The Morgan fingerprint density at radius 1 is 0.419 bits per heavy atom. The smallest absolute Gasteiger partial charge is 0.305 e. The molecule has 1 fully saturated rings. The minimum atomic E-state index is -1.57. The van der Waals surface area contributed by atoms with Gasteiger partial charge < -0.3 is 45.1 Å². The molecule has 0 aromatic rings. The van der Waals surface area contributed by atoms with Crippen LogP contribution in [0.2, 0.25) is 0 Å². The molecule has 7 atom stereocenters. The summed E-state index contributed by atoms with van der Waals surface area (Å²) in [5.74, 6) is -0.157. The van der Waals surface area contributed by atoms with Gasteiger partial charge in [-0.15, -0.1) is 0 Å². The van der Waals surface area contributed by atoms with Gasteiger partial charge in [0.15, 0.2) is 6.29 Å². The summed E-state index contributed by atoms with van der Waals surface area (Å²) < 4.78 is 16.7. The number of amides is 1. The Morgan fingerprint density at radius 2 is 0.733 bits per heavy atom. The molecule has 0 aliphatic carbocycles. The normalized spacial score (nSPS) is 17.9. The zero-order chi connectivity index (χ0) is 62.3. The van der Waals surface area contributed by atoms with Gasteiger partial charge in [0.1, 0.15) is 24.4 Å². The van der Waals surface area contributed by atoms with E-state index >= 15 is 0 Å². The molecule has 0 aromatic heterocycles. The van der Waals surface area contributed by atoms with Crippen molar-refractivity contribution in [1.29, 1.82) is 0 Å². The van der Waals surface area contributed by atoms with Gasteiger partial charge in [-0.3, -0.25) is 9.59 Å². The third-order valence-corrected chi connectivity index (χ3v) is 18.4. The molecule has 1 aliphatic heterocycles. The van der Waals surface area contributed by atoms with Crippen LogP contribution in [0.1, 0.15) is 393 Å². The van der Waals surface area contributed by atoms with Crippen molar-refractivity contribution in [2.75, 3.05) is 19.8 Å². The standard InChI is InChI=1S/C75H145NO10/c1-3-5-7-9-11-13-14-43-47-51-55-59-63-71(80)84-64-60-56-52-48-44-41-39-37-35-33-31-29-27-25-23-21-19-17-15-16-18-20-22-24-26-28-30-32-34-36-38-40-42-46-50-54-58-62-70(79)76-67(68(78)61-57-53-49-45-12-10-8-6-4-2)66-85-75-74(83)73(82)72(81)69(65-77)86-75/h57,61,67-69,72-75,77-78,81-83H,3-56,58-60,62-66H2,1-2H3,(H,76,79)/b61-57+. The van der Waals surface area contributed by atoms with Crippen molar-refractivity contribution in [3.63, 3.8) is 0 Å². The van der Waals surface area contributed by atoms with Crippen molar-refractivity contribution in [2.24, 2.45) is 0 Å². The summed E-state index contributed by atoms with van der Waals surface area (Å²) in [6, 6.07) is -0.803. The molecule has 1 heterocycles. The Bertz CT molecular complexity index is 1430. The van der Waals surface area contributed by atoms with Gasteiger partial charge in [0.25, 0.3) is 0 Å². The zero-order valence-electron chi connectivity index (χ0n) is 56.8.